The molecule has 150 valence electrons. The van der Waals surface area contributed by atoms with Crippen molar-refractivity contribution in [2.24, 2.45) is 4.99 Å². The highest BCUT2D eigenvalue weighted by atomic mass is 127. The fourth-order valence-electron chi connectivity index (χ4n) is 3.55. The Morgan fingerprint density at radius 3 is 2.75 bits per heavy atom. The van der Waals surface area contributed by atoms with E-state index in [0.29, 0.717) is 29.3 Å². The molecule has 1 atom stereocenters. The minimum absolute atomic E-state index is 0. The van der Waals surface area contributed by atoms with Gasteiger partial charge >= 0.3 is 0 Å². The second-order valence-electron chi connectivity index (χ2n) is 6.73. The third-order valence-electron chi connectivity index (χ3n) is 5.01. The molecule has 1 aromatic carbocycles. The summed E-state index contributed by atoms with van der Waals surface area (Å²) in [6.45, 7) is 4.54. The van der Waals surface area contributed by atoms with Gasteiger partial charge in [0.15, 0.2) is 5.96 Å². The highest BCUT2D eigenvalue weighted by Gasteiger charge is 2.29. The Morgan fingerprint density at radius 1 is 1.29 bits per heavy atom. The van der Waals surface area contributed by atoms with Gasteiger partial charge in [-0.3, -0.25) is 9.89 Å². The zero-order chi connectivity index (χ0) is 18.6. The van der Waals surface area contributed by atoms with Gasteiger partial charge in [-0.2, -0.15) is 4.98 Å². The zero-order valence-corrected chi connectivity index (χ0v) is 18.8. The smallest absolute Gasteiger partial charge is 0.246 e. The van der Waals surface area contributed by atoms with Crippen LogP contribution in [0.25, 0.3) is 11.4 Å². The van der Waals surface area contributed by atoms with E-state index in [2.05, 4.69) is 42.4 Å². The van der Waals surface area contributed by atoms with Crippen LogP contribution in [0.1, 0.15) is 12.3 Å². The van der Waals surface area contributed by atoms with Gasteiger partial charge in [0.05, 0.1) is 6.54 Å². The average molecular weight is 515 g/mol. The second-order valence-corrected chi connectivity index (χ2v) is 7.17. The van der Waals surface area contributed by atoms with E-state index in [1.807, 2.05) is 24.3 Å². The SMILES string of the molecule is CN=C(NCc1nc(-c2ccc(Cl)cc2)no1)N1CCC(N2CC=CC2)C1.I. The normalized spacial score (nSPS) is 19.9. The number of benzene rings is 1. The molecule has 3 heterocycles. The summed E-state index contributed by atoms with van der Waals surface area (Å²) in [5.41, 5.74) is 0.875. The second kappa shape index (κ2) is 9.71. The van der Waals surface area contributed by atoms with E-state index >= 15 is 0 Å². The number of halogens is 2. The van der Waals surface area contributed by atoms with Crippen LogP contribution in [0.15, 0.2) is 45.9 Å². The van der Waals surface area contributed by atoms with Gasteiger partial charge in [-0.05, 0) is 30.7 Å². The van der Waals surface area contributed by atoms with Crippen molar-refractivity contribution in [3.63, 3.8) is 0 Å². The summed E-state index contributed by atoms with van der Waals surface area (Å²) in [4.78, 5) is 13.7. The number of hydrogen-bond acceptors (Lipinski definition) is 5. The van der Waals surface area contributed by atoms with Crippen LogP contribution in [0.5, 0.6) is 0 Å². The maximum absolute atomic E-state index is 5.92. The van der Waals surface area contributed by atoms with Crippen molar-refractivity contribution in [2.45, 2.75) is 19.0 Å². The maximum atomic E-state index is 5.92. The van der Waals surface area contributed by atoms with Crippen LogP contribution in [-0.2, 0) is 6.54 Å². The van der Waals surface area contributed by atoms with Crippen molar-refractivity contribution in [3.8, 4) is 11.4 Å². The zero-order valence-electron chi connectivity index (χ0n) is 15.7. The molecule has 1 saturated heterocycles. The Kier molecular flexibility index (Phi) is 7.30. The van der Waals surface area contributed by atoms with Gasteiger partial charge in [0.2, 0.25) is 11.7 Å². The quantitative estimate of drug-likeness (QED) is 0.293. The molecule has 1 fully saturated rings. The van der Waals surface area contributed by atoms with E-state index in [1.54, 1.807) is 7.05 Å². The lowest BCUT2D eigenvalue weighted by atomic mass is 10.2. The van der Waals surface area contributed by atoms with Crippen LogP contribution in [0.2, 0.25) is 5.02 Å². The molecule has 28 heavy (non-hydrogen) atoms. The Balaban J connectivity index is 0.00000225. The summed E-state index contributed by atoms with van der Waals surface area (Å²) >= 11 is 5.92. The molecule has 1 unspecified atom stereocenters. The summed E-state index contributed by atoms with van der Waals surface area (Å²) in [5, 5.41) is 8.06. The maximum Gasteiger partial charge on any atom is 0.246 e. The standard InChI is InChI=1S/C19H23ClN6O.HI/c1-21-19(26-11-8-16(13-26)25-9-2-3-10-25)22-12-17-23-18(24-27-17)14-4-6-15(20)7-5-14;/h2-7,16H,8-13H2,1H3,(H,21,22);1H. The van der Waals surface area contributed by atoms with Crippen molar-refractivity contribution < 1.29 is 4.52 Å². The molecular weight excluding hydrogens is 491 g/mol. The molecular formula is C19H24ClIN6O. The first-order valence-electron chi connectivity index (χ1n) is 9.16. The third-order valence-corrected chi connectivity index (χ3v) is 5.26. The molecule has 0 radical (unpaired) electrons. The number of nitrogens with one attached hydrogen (secondary N) is 1. The van der Waals surface area contributed by atoms with Crippen LogP contribution >= 0.6 is 35.6 Å². The summed E-state index contributed by atoms with van der Waals surface area (Å²) in [7, 11) is 1.81. The summed E-state index contributed by atoms with van der Waals surface area (Å²) in [6.07, 6.45) is 5.64. The molecule has 2 aliphatic heterocycles. The molecule has 0 saturated carbocycles. The van der Waals surface area contributed by atoms with Crippen LogP contribution in [0.3, 0.4) is 0 Å². The molecule has 0 bridgehead atoms. The van der Waals surface area contributed by atoms with Gasteiger partial charge in [0.1, 0.15) is 0 Å². The van der Waals surface area contributed by atoms with Gasteiger partial charge < -0.3 is 14.7 Å². The molecule has 1 aromatic heterocycles. The van der Waals surface area contributed by atoms with E-state index in [0.717, 1.165) is 44.1 Å². The Hall–Kier alpha value is -1.65. The molecule has 0 amide bonds. The monoisotopic (exact) mass is 514 g/mol. The molecule has 1 N–H and O–H groups in total. The lowest BCUT2D eigenvalue weighted by molar-refractivity contribution is 0.259. The van der Waals surface area contributed by atoms with E-state index in [4.69, 9.17) is 16.1 Å². The first-order valence-corrected chi connectivity index (χ1v) is 9.54. The molecule has 0 spiro atoms. The molecule has 2 aromatic rings. The fraction of sp³-hybridized carbons (Fsp3) is 0.421. The van der Waals surface area contributed by atoms with E-state index in [-0.39, 0.29) is 24.0 Å². The Labute approximate surface area is 186 Å². The topological polar surface area (TPSA) is 69.8 Å². The third kappa shape index (κ3) is 4.84. The number of aliphatic imine (C=N–C) groups is 1. The van der Waals surface area contributed by atoms with Gasteiger partial charge in [0, 0.05) is 49.9 Å². The van der Waals surface area contributed by atoms with Crippen LogP contribution in [-0.4, -0.2) is 65.2 Å². The first-order chi connectivity index (χ1) is 13.2. The van der Waals surface area contributed by atoms with Crippen molar-refractivity contribution in [1.29, 1.82) is 0 Å². The minimum Gasteiger partial charge on any atom is -0.347 e. The van der Waals surface area contributed by atoms with Crippen LogP contribution < -0.4 is 5.32 Å². The number of guanidine groups is 1. The lowest BCUT2D eigenvalue weighted by Crippen LogP contribution is -2.42. The summed E-state index contributed by atoms with van der Waals surface area (Å²) in [6, 6.07) is 7.96. The molecule has 9 heteroatoms. The highest BCUT2D eigenvalue weighted by Crippen LogP contribution is 2.19. The van der Waals surface area contributed by atoms with Crippen LogP contribution in [0, 0.1) is 0 Å². The average Bonchev–Trinajstić information content (AvgIpc) is 3.44. The number of rotatable bonds is 4. The number of hydrogen-bond donors (Lipinski definition) is 1. The highest BCUT2D eigenvalue weighted by molar-refractivity contribution is 14.0. The van der Waals surface area contributed by atoms with Gasteiger partial charge in [-0.25, -0.2) is 0 Å². The molecule has 2 aliphatic rings. The largest absolute Gasteiger partial charge is 0.347 e. The Bertz CT molecular complexity index is 829. The van der Waals surface area contributed by atoms with Gasteiger partial charge in [0.25, 0.3) is 0 Å². The first kappa shape index (κ1) is 21.1. The van der Waals surface area contributed by atoms with Crippen LogP contribution in [0.4, 0.5) is 0 Å². The number of likely N-dealkylation sites (tertiary alicyclic amines) is 1. The van der Waals surface area contributed by atoms with Gasteiger partial charge in [-0.15, -0.1) is 24.0 Å². The number of nitrogens with zero attached hydrogens (tertiary/aromatic N) is 5. The predicted molar refractivity (Wildman–Crippen MR) is 121 cm³/mol. The number of aromatic nitrogens is 2. The van der Waals surface area contributed by atoms with Crippen molar-refractivity contribution in [2.75, 3.05) is 33.2 Å². The Morgan fingerprint density at radius 2 is 2.04 bits per heavy atom. The minimum atomic E-state index is 0. The van der Waals surface area contributed by atoms with E-state index < -0.39 is 0 Å². The van der Waals surface area contributed by atoms with E-state index in [9.17, 15) is 0 Å². The molecule has 4 rings (SSSR count). The molecule has 7 nitrogen and oxygen atoms in total. The lowest BCUT2D eigenvalue weighted by Gasteiger charge is -2.25. The van der Waals surface area contributed by atoms with E-state index in [1.165, 1.54) is 0 Å². The molecule has 0 aliphatic carbocycles. The fourth-order valence-corrected chi connectivity index (χ4v) is 3.68. The van der Waals surface area contributed by atoms with Crippen molar-refractivity contribution in [1.82, 2.24) is 25.3 Å². The van der Waals surface area contributed by atoms with Crippen molar-refractivity contribution >= 4 is 41.5 Å². The predicted octanol–water partition coefficient (Wildman–Crippen LogP) is 3.03. The summed E-state index contributed by atoms with van der Waals surface area (Å²) in [5.74, 6) is 1.96. The van der Waals surface area contributed by atoms with Gasteiger partial charge in [-0.1, -0.05) is 28.9 Å². The van der Waals surface area contributed by atoms with Crippen molar-refractivity contribution in [3.05, 3.63) is 47.3 Å². The summed E-state index contributed by atoms with van der Waals surface area (Å²) < 4.78 is 5.36.